The van der Waals surface area contributed by atoms with Gasteiger partial charge in [-0.3, -0.25) is 0 Å². The Morgan fingerprint density at radius 1 is 1.17 bits per heavy atom. The number of aromatic nitrogens is 3. The van der Waals surface area contributed by atoms with Crippen LogP contribution >= 0.6 is 11.6 Å². The minimum absolute atomic E-state index is 0.231. The van der Waals surface area contributed by atoms with Crippen molar-refractivity contribution in [2.75, 3.05) is 43.6 Å². The second-order valence-electron chi connectivity index (χ2n) is 7.50. The number of nitrogens with zero attached hydrogens (tertiary/aromatic N) is 5. The molecule has 0 radical (unpaired) electrons. The molecule has 1 unspecified atom stereocenters. The molecular weight excluding hydrogens is 386 g/mol. The first-order valence-electron chi connectivity index (χ1n) is 9.69. The Labute approximate surface area is 175 Å². The van der Waals surface area contributed by atoms with Gasteiger partial charge in [0.25, 0.3) is 0 Å². The van der Waals surface area contributed by atoms with Crippen molar-refractivity contribution in [1.82, 2.24) is 15.0 Å². The Kier molecular flexibility index (Phi) is 5.65. The van der Waals surface area contributed by atoms with Crippen LogP contribution in [0.5, 0.6) is 0 Å². The molecule has 1 aliphatic rings. The highest BCUT2D eigenvalue weighted by Crippen LogP contribution is 2.26. The van der Waals surface area contributed by atoms with E-state index in [1.807, 2.05) is 67.5 Å². The second kappa shape index (κ2) is 8.35. The lowest BCUT2D eigenvalue weighted by atomic mass is 10.1. The molecule has 1 atom stereocenters. The average molecular weight is 410 g/mol. The normalized spacial score (nSPS) is 16.8. The Balaban J connectivity index is 1.62. The molecule has 2 aromatic heterocycles. The smallest absolute Gasteiger partial charge is 0.155 e. The van der Waals surface area contributed by atoms with E-state index in [-0.39, 0.29) is 6.61 Å². The van der Waals surface area contributed by atoms with Gasteiger partial charge in [0.2, 0.25) is 0 Å². The number of pyridine rings is 1. The molecule has 6 nitrogen and oxygen atoms in total. The predicted octanol–water partition coefficient (Wildman–Crippen LogP) is 3.73. The highest BCUT2D eigenvalue weighted by atomic mass is 35.5. The monoisotopic (exact) mass is 409 g/mol. The van der Waals surface area contributed by atoms with Gasteiger partial charge in [-0.15, -0.1) is 0 Å². The molecule has 1 N–H and O–H groups in total. The molecule has 0 saturated carbocycles. The number of rotatable bonds is 5. The molecule has 7 heteroatoms. The van der Waals surface area contributed by atoms with Crippen molar-refractivity contribution in [3.8, 4) is 0 Å². The Bertz CT molecular complexity index is 1050. The molecule has 3 aromatic rings. The van der Waals surface area contributed by atoms with Crippen LogP contribution in [0.2, 0.25) is 5.02 Å². The summed E-state index contributed by atoms with van der Waals surface area (Å²) >= 11 is 6.15. The molecule has 1 saturated heterocycles. The van der Waals surface area contributed by atoms with Crippen molar-refractivity contribution >= 4 is 46.3 Å². The number of benzene rings is 1. The van der Waals surface area contributed by atoms with Crippen LogP contribution in [-0.2, 0) is 0 Å². The van der Waals surface area contributed by atoms with E-state index in [1.165, 1.54) is 0 Å². The molecule has 4 rings (SSSR count). The predicted molar refractivity (Wildman–Crippen MR) is 119 cm³/mol. The first-order valence-corrected chi connectivity index (χ1v) is 10.1. The molecule has 3 heterocycles. The maximum absolute atomic E-state index is 9.36. The highest BCUT2D eigenvalue weighted by Gasteiger charge is 2.22. The summed E-state index contributed by atoms with van der Waals surface area (Å²) in [5.74, 6) is 2.72. The van der Waals surface area contributed by atoms with Crippen molar-refractivity contribution in [3.63, 3.8) is 0 Å². The quantitative estimate of drug-likeness (QED) is 0.692. The van der Waals surface area contributed by atoms with Crippen molar-refractivity contribution in [3.05, 3.63) is 52.9 Å². The van der Waals surface area contributed by atoms with Crippen LogP contribution in [0.15, 0.2) is 36.4 Å². The van der Waals surface area contributed by atoms with Crippen LogP contribution < -0.4 is 9.80 Å². The summed E-state index contributed by atoms with van der Waals surface area (Å²) in [4.78, 5) is 18.3. The minimum atomic E-state index is 0.231. The molecule has 29 heavy (non-hydrogen) atoms. The van der Waals surface area contributed by atoms with E-state index in [9.17, 15) is 5.11 Å². The molecule has 150 valence electrons. The van der Waals surface area contributed by atoms with Gasteiger partial charge in [0.15, 0.2) is 5.82 Å². The van der Waals surface area contributed by atoms with Gasteiger partial charge in [0.05, 0.1) is 11.2 Å². The molecule has 0 amide bonds. The van der Waals surface area contributed by atoms with E-state index < -0.39 is 0 Å². The largest absolute Gasteiger partial charge is 0.396 e. The van der Waals surface area contributed by atoms with Gasteiger partial charge in [-0.05, 0) is 48.9 Å². The minimum Gasteiger partial charge on any atom is -0.396 e. The Morgan fingerprint density at radius 3 is 2.79 bits per heavy atom. The van der Waals surface area contributed by atoms with Crippen LogP contribution in [0.25, 0.3) is 23.1 Å². The number of hydrogen-bond donors (Lipinski definition) is 1. The van der Waals surface area contributed by atoms with Crippen LogP contribution in [-0.4, -0.2) is 53.9 Å². The van der Waals surface area contributed by atoms with Gasteiger partial charge in [-0.25, -0.2) is 15.0 Å². The van der Waals surface area contributed by atoms with Crippen LogP contribution in [0.1, 0.15) is 17.9 Å². The molecule has 0 bridgehead atoms. The number of anilines is 2. The average Bonchev–Trinajstić information content (AvgIpc) is 3.21. The summed E-state index contributed by atoms with van der Waals surface area (Å²) < 4.78 is 0. The van der Waals surface area contributed by atoms with Gasteiger partial charge < -0.3 is 14.9 Å². The van der Waals surface area contributed by atoms with Crippen molar-refractivity contribution in [2.24, 2.45) is 5.92 Å². The van der Waals surface area contributed by atoms with E-state index in [4.69, 9.17) is 16.6 Å². The van der Waals surface area contributed by atoms with E-state index in [0.29, 0.717) is 16.8 Å². The van der Waals surface area contributed by atoms with Gasteiger partial charge in [0.1, 0.15) is 11.6 Å². The van der Waals surface area contributed by atoms with Gasteiger partial charge >= 0.3 is 0 Å². The van der Waals surface area contributed by atoms with Crippen molar-refractivity contribution in [2.45, 2.75) is 6.42 Å². The SMILES string of the molecule is CN(C)c1nc(/C=C/c2cccc(N3CCC(CO)C3)n2)nc2ccc(Cl)cc12. The number of aliphatic hydroxyl groups excluding tert-OH is 1. The van der Waals surface area contributed by atoms with Crippen LogP contribution in [0, 0.1) is 5.92 Å². The third kappa shape index (κ3) is 4.33. The zero-order chi connectivity index (χ0) is 20.4. The standard InChI is InChI=1S/C22H24ClN5O/c1-27(2)22-18-12-16(23)6-8-19(18)25-20(26-22)9-7-17-4-3-5-21(24-17)28-11-10-15(13-28)14-29/h3-9,12,15,29H,10-11,13-14H2,1-2H3/b9-7+. The second-order valence-corrected chi connectivity index (χ2v) is 7.94. The van der Waals surface area contributed by atoms with E-state index in [0.717, 1.165) is 47.7 Å². The Hall–Kier alpha value is -2.70. The molecule has 0 spiro atoms. The molecule has 1 aliphatic heterocycles. The first kappa shape index (κ1) is 19.6. The van der Waals surface area contributed by atoms with Crippen LogP contribution in [0.3, 0.4) is 0 Å². The zero-order valence-corrected chi connectivity index (χ0v) is 17.3. The third-order valence-corrected chi connectivity index (χ3v) is 5.34. The number of hydrogen-bond acceptors (Lipinski definition) is 6. The summed E-state index contributed by atoms with van der Waals surface area (Å²) in [6, 6.07) is 11.6. The fraction of sp³-hybridized carbons (Fsp3) is 0.318. The summed E-state index contributed by atoms with van der Waals surface area (Å²) in [6.45, 7) is 2.00. The first-order chi connectivity index (χ1) is 14.0. The fourth-order valence-electron chi connectivity index (χ4n) is 3.58. The van der Waals surface area contributed by atoms with Gasteiger partial charge in [-0.1, -0.05) is 17.7 Å². The van der Waals surface area contributed by atoms with Crippen LogP contribution in [0.4, 0.5) is 11.6 Å². The third-order valence-electron chi connectivity index (χ3n) is 5.11. The maximum Gasteiger partial charge on any atom is 0.155 e. The van der Waals surface area contributed by atoms with E-state index >= 15 is 0 Å². The zero-order valence-electron chi connectivity index (χ0n) is 16.6. The number of fused-ring (bicyclic) bond motifs is 1. The fourth-order valence-corrected chi connectivity index (χ4v) is 3.75. The van der Waals surface area contributed by atoms with Gasteiger partial charge in [-0.2, -0.15) is 0 Å². The summed E-state index contributed by atoms with van der Waals surface area (Å²) in [5, 5.41) is 11.0. The number of aliphatic hydroxyl groups is 1. The Morgan fingerprint density at radius 2 is 2.03 bits per heavy atom. The van der Waals surface area contributed by atoms with Gasteiger partial charge in [0, 0.05) is 50.1 Å². The molecular formula is C22H24ClN5O. The lowest BCUT2D eigenvalue weighted by Gasteiger charge is -2.17. The summed E-state index contributed by atoms with van der Waals surface area (Å²) in [5.41, 5.74) is 1.70. The van der Waals surface area contributed by atoms with E-state index in [1.54, 1.807) is 0 Å². The van der Waals surface area contributed by atoms with E-state index in [2.05, 4.69) is 14.9 Å². The summed E-state index contributed by atoms with van der Waals surface area (Å²) in [7, 11) is 3.91. The molecule has 1 fully saturated rings. The maximum atomic E-state index is 9.36. The molecule has 0 aliphatic carbocycles. The number of halogens is 1. The molecule has 1 aromatic carbocycles. The lowest BCUT2D eigenvalue weighted by Crippen LogP contribution is -2.21. The van der Waals surface area contributed by atoms with Crippen molar-refractivity contribution < 1.29 is 5.11 Å². The lowest BCUT2D eigenvalue weighted by molar-refractivity contribution is 0.238. The highest BCUT2D eigenvalue weighted by molar-refractivity contribution is 6.31. The summed E-state index contributed by atoms with van der Waals surface area (Å²) in [6.07, 6.45) is 4.81. The van der Waals surface area contributed by atoms with Crippen molar-refractivity contribution in [1.29, 1.82) is 0 Å². The topological polar surface area (TPSA) is 65.4 Å².